The molecule has 6 heteroatoms. The van der Waals surface area contributed by atoms with E-state index < -0.39 is 0 Å². The molecule has 2 aromatic heterocycles. The van der Waals surface area contributed by atoms with Crippen LogP contribution >= 0.6 is 0 Å². The van der Waals surface area contributed by atoms with Crippen molar-refractivity contribution in [1.29, 1.82) is 0 Å². The Hall–Kier alpha value is -1.66. The molecule has 4 heterocycles. The lowest BCUT2D eigenvalue weighted by atomic mass is 10.1. The number of piperazine rings is 1. The Kier molecular flexibility index (Phi) is 3.05. The number of anilines is 1. The number of hydrogen-bond acceptors (Lipinski definition) is 5. The van der Waals surface area contributed by atoms with Crippen molar-refractivity contribution in [2.24, 2.45) is 0 Å². The van der Waals surface area contributed by atoms with Crippen molar-refractivity contribution in [3.63, 3.8) is 0 Å². The van der Waals surface area contributed by atoms with Crippen LogP contribution in [0.1, 0.15) is 11.3 Å². The van der Waals surface area contributed by atoms with E-state index in [4.69, 9.17) is 4.98 Å². The van der Waals surface area contributed by atoms with Gasteiger partial charge in [-0.2, -0.15) is 9.61 Å². The lowest BCUT2D eigenvalue weighted by Gasteiger charge is -2.31. The molecule has 2 N–H and O–H groups in total. The summed E-state index contributed by atoms with van der Waals surface area (Å²) < 4.78 is 2.02. The summed E-state index contributed by atoms with van der Waals surface area (Å²) in [5, 5.41) is 11.4. The first-order valence-corrected chi connectivity index (χ1v) is 7.45. The molecule has 0 radical (unpaired) electrons. The Morgan fingerprint density at radius 1 is 1.00 bits per heavy atom. The fourth-order valence-electron chi connectivity index (χ4n) is 3.22. The van der Waals surface area contributed by atoms with Crippen molar-refractivity contribution < 1.29 is 0 Å². The number of hydrogen-bond donors (Lipinski definition) is 2. The Balaban J connectivity index is 1.90. The molecule has 2 aliphatic heterocycles. The summed E-state index contributed by atoms with van der Waals surface area (Å²) in [6, 6.07) is 2.00. The Morgan fingerprint density at radius 2 is 1.80 bits per heavy atom. The predicted octanol–water partition coefficient (Wildman–Crippen LogP) is -0.173. The van der Waals surface area contributed by atoms with Gasteiger partial charge in [-0.3, -0.25) is 0 Å². The van der Waals surface area contributed by atoms with Crippen LogP contribution in [-0.2, 0) is 12.8 Å². The molecule has 0 bridgehead atoms. The number of rotatable bonds is 1. The van der Waals surface area contributed by atoms with Crippen molar-refractivity contribution in [3.8, 4) is 0 Å². The second-order valence-electron chi connectivity index (χ2n) is 5.45. The van der Waals surface area contributed by atoms with Crippen LogP contribution < -0.4 is 15.5 Å². The van der Waals surface area contributed by atoms with Crippen molar-refractivity contribution in [3.05, 3.63) is 23.5 Å². The van der Waals surface area contributed by atoms with Gasteiger partial charge >= 0.3 is 0 Å². The van der Waals surface area contributed by atoms with Crippen LogP contribution in [-0.4, -0.2) is 53.9 Å². The minimum atomic E-state index is 0.971. The van der Waals surface area contributed by atoms with Gasteiger partial charge in [-0.15, -0.1) is 0 Å². The SMILES string of the molecule is c1cc2nc3c(c(N4CCNCC4)n2n1)CCNCC3. The van der Waals surface area contributed by atoms with Gasteiger partial charge in [0.2, 0.25) is 0 Å². The van der Waals surface area contributed by atoms with Crippen LogP contribution in [0.25, 0.3) is 5.65 Å². The van der Waals surface area contributed by atoms with Crippen molar-refractivity contribution >= 4 is 11.5 Å². The van der Waals surface area contributed by atoms with E-state index in [0.717, 1.165) is 57.8 Å². The minimum Gasteiger partial charge on any atom is -0.354 e. The molecule has 0 aliphatic carbocycles. The summed E-state index contributed by atoms with van der Waals surface area (Å²) in [5.74, 6) is 1.26. The Morgan fingerprint density at radius 3 is 2.70 bits per heavy atom. The van der Waals surface area contributed by atoms with E-state index in [1.54, 1.807) is 0 Å². The highest BCUT2D eigenvalue weighted by atomic mass is 15.4. The van der Waals surface area contributed by atoms with Gasteiger partial charge in [0.1, 0.15) is 5.82 Å². The highest BCUT2D eigenvalue weighted by Gasteiger charge is 2.23. The molecule has 2 aliphatic rings. The predicted molar refractivity (Wildman–Crippen MR) is 78.3 cm³/mol. The standard InChI is InChI=1S/C14H20N6/c1-4-15-5-2-12-11(1)14(19-9-7-16-8-10-19)20-13(18-12)3-6-17-20/h3,6,15-16H,1-2,4-5,7-10H2. The topological polar surface area (TPSA) is 57.5 Å². The quantitative estimate of drug-likeness (QED) is 0.755. The summed E-state index contributed by atoms with van der Waals surface area (Å²) in [6.45, 7) is 6.21. The molecule has 0 unspecified atom stereocenters. The molecule has 0 saturated carbocycles. The highest BCUT2D eigenvalue weighted by molar-refractivity contribution is 5.57. The van der Waals surface area contributed by atoms with Crippen LogP contribution in [0.4, 0.5) is 5.82 Å². The van der Waals surface area contributed by atoms with Crippen molar-refractivity contribution in [1.82, 2.24) is 25.2 Å². The minimum absolute atomic E-state index is 0.971. The normalized spacial score (nSPS) is 19.9. The maximum atomic E-state index is 4.81. The lowest BCUT2D eigenvalue weighted by Crippen LogP contribution is -2.45. The lowest BCUT2D eigenvalue weighted by molar-refractivity contribution is 0.577. The van der Waals surface area contributed by atoms with Gasteiger partial charge in [-0.25, -0.2) is 4.98 Å². The molecule has 2 aromatic rings. The third-order valence-electron chi connectivity index (χ3n) is 4.20. The zero-order valence-corrected chi connectivity index (χ0v) is 11.6. The molecule has 0 spiro atoms. The van der Waals surface area contributed by atoms with Gasteiger partial charge in [-0.05, 0) is 13.0 Å². The van der Waals surface area contributed by atoms with Gasteiger partial charge in [-0.1, -0.05) is 0 Å². The molecule has 4 rings (SSSR count). The van der Waals surface area contributed by atoms with E-state index in [2.05, 4.69) is 20.6 Å². The average molecular weight is 272 g/mol. The number of fused-ring (bicyclic) bond motifs is 2. The van der Waals surface area contributed by atoms with Crippen LogP contribution in [0.5, 0.6) is 0 Å². The summed E-state index contributed by atoms with van der Waals surface area (Å²) in [5.41, 5.74) is 3.60. The van der Waals surface area contributed by atoms with E-state index in [0.29, 0.717) is 0 Å². The number of nitrogens with one attached hydrogen (secondary N) is 2. The van der Waals surface area contributed by atoms with Gasteiger partial charge in [0.15, 0.2) is 5.65 Å². The fraction of sp³-hybridized carbons (Fsp3) is 0.571. The zero-order chi connectivity index (χ0) is 13.4. The smallest absolute Gasteiger partial charge is 0.157 e. The summed E-state index contributed by atoms with van der Waals surface area (Å²) in [6.07, 6.45) is 3.90. The van der Waals surface area contributed by atoms with Gasteiger partial charge in [0.05, 0.1) is 11.9 Å². The van der Waals surface area contributed by atoms with Crippen LogP contribution in [0, 0.1) is 0 Å². The summed E-state index contributed by atoms with van der Waals surface area (Å²) in [4.78, 5) is 7.27. The first-order chi connectivity index (χ1) is 9.93. The third kappa shape index (κ3) is 1.96. The molecule has 0 atom stereocenters. The monoisotopic (exact) mass is 272 g/mol. The first kappa shape index (κ1) is 12.1. The molecule has 106 valence electrons. The maximum Gasteiger partial charge on any atom is 0.157 e. The van der Waals surface area contributed by atoms with Gasteiger partial charge in [0.25, 0.3) is 0 Å². The first-order valence-electron chi connectivity index (χ1n) is 7.45. The third-order valence-corrected chi connectivity index (χ3v) is 4.20. The Bertz CT molecular complexity index is 613. The number of nitrogens with zero attached hydrogens (tertiary/aromatic N) is 4. The van der Waals surface area contributed by atoms with Crippen molar-refractivity contribution in [2.45, 2.75) is 12.8 Å². The van der Waals surface area contributed by atoms with E-state index in [1.807, 2.05) is 16.8 Å². The van der Waals surface area contributed by atoms with E-state index in [-0.39, 0.29) is 0 Å². The van der Waals surface area contributed by atoms with Gasteiger partial charge < -0.3 is 15.5 Å². The second-order valence-corrected chi connectivity index (χ2v) is 5.45. The zero-order valence-electron chi connectivity index (χ0n) is 11.6. The fourth-order valence-corrected chi connectivity index (χ4v) is 3.22. The molecule has 0 aromatic carbocycles. The van der Waals surface area contributed by atoms with E-state index >= 15 is 0 Å². The average Bonchev–Trinajstić information content (AvgIpc) is 2.82. The Labute approximate surface area is 118 Å². The molecule has 6 nitrogen and oxygen atoms in total. The summed E-state index contributed by atoms with van der Waals surface area (Å²) in [7, 11) is 0. The van der Waals surface area contributed by atoms with Crippen LogP contribution in [0.3, 0.4) is 0 Å². The van der Waals surface area contributed by atoms with Crippen LogP contribution in [0.2, 0.25) is 0 Å². The number of aromatic nitrogens is 3. The molecule has 1 fully saturated rings. The molecule has 0 amide bonds. The van der Waals surface area contributed by atoms with E-state index in [9.17, 15) is 0 Å². The molecular weight excluding hydrogens is 252 g/mol. The molecule has 1 saturated heterocycles. The van der Waals surface area contributed by atoms with Gasteiger partial charge in [0, 0.05) is 50.8 Å². The summed E-state index contributed by atoms with van der Waals surface area (Å²) >= 11 is 0. The second kappa shape index (κ2) is 5.03. The largest absolute Gasteiger partial charge is 0.354 e. The molecular formula is C14H20N6. The molecule has 20 heavy (non-hydrogen) atoms. The van der Waals surface area contributed by atoms with E-state index in [1.165, 1.54) is 17.1 Å². The maximum absolute atomic E-state index is 4.81. The van der Waals surface area contributed by atoms with Crippen molar-refractivity contribution in [2.75, 3.05) is 44.2 Å². The van der Waals surface area contributed by atoms with Crippen LogP contribution in [0.15, 0.2) is 12.3 Å². The highest BCUT2D eigenvalue weighted by Crippen LogP contribution is 2.26.